The number of benzene rings is 2. The highest BCUT2D eigenvalue weighted by molar-refractivity contribution is 7.89. The Labute approximate surface area is 127 Å². The molecular formula is C16H11FN2O2S. The van der Waals surface area contributed by atoms with E-state index < -0.39 is 21.5 Å². The van der Waals surface area contributed by atoms with Crippen molar-refractivity contribution >= 4 is 20.9 Å². The van der Waals surface area contributed by atoms with Crippen LogP contribution in [-0.2, 0) is 15.8 Å². The van der Waals surface area contributed by atoms with Crippen LogP contribution in [0, 0.1) is 17.1 Å². The number of fused-ring (bicyclic) bond motifs is 1. The molecule has 0 unspecified atom stereocenters. The van der Waals surface area contributed by atoms with E-state index in [1.807, 2.05) is 0 Å². The van der Waals surface area contributed by atoms with E-state index in [0.717, 1.165) is 3.97 Å². The van der Waals surface area contributed by atoms with Gasteiger partial charge in [-0.05, 0) is 17.7 Å². The lowest BCUT2D eigenvalue weighted by molar-refractivity contribution is 0.584. The first kappa shape index (κ1) is 14.3. The summed E-state index contributed by atoms with van der Waals surface area (Å²) in [7, 11) is -3.91. The lowest BCUT2D eigenvalue weighted by atomic mass is 10.2. The summed E-state index contributed by atoms with van der Waals surface area (Å²) in [5.74, 6) is -1.12. The Bertz CT molecular complexity index is 986. The monoisotopic (exact) mass is 314 g/mol. The Hall–Kier alpha value is -2.65. The molecule has 0 saturated heterocycles. The molecule has 0 spiro atoms. The molecule has 0 amide bonds. The Balaban J connectivity index is 2.23. The van der Waals surface area contributed by atoms with E-state index in [1.165, 1.54) is 12.1 Å². The zero-order chi connectivity index (χ0) is 15.7. The van der Waals surface area contributed by atoms with Crippen molar-refractivity contribution < 1.29 is 12.8 Å². The second-order valence-corrected chi connectivity index (χ2v) is 6.62. The fraction of sp³-hybridized carbons (Fsp3) is 0.0625. The van der Waals surface area contributed by atoms with Crippen LogP contribution in [0.2, 0.25) is 0 Å². The molecule has 0 aliphatic heterocycles. The van der Waals surface area contributed by atoms with Gasteiger partial charge in [-0.3, -0.25) is 0 Å². The topological polar surface area (TPSA) is 62.9 Å². The second kappa shape index (κ2) is 5.28. The number of nitriles is 1. The first-order valence-corrected chi connectivity index (χ1v) is 8.12. The number of nitrogens with zero attached hydrogens (tertiary/aromatic N) is 2. The van der Waals surface area contributed by atoms with Gasteiger partial charge < -0.3 is 0 Å². The van der Waals surface area contributed by atoms with Gasteiger partial charge in [0, 0.05) is 5.39 Å². The quantitative estimate of drug-likeness (QED) is 0.746. The fourth-order valence-electron chi connectivity index (χ4n) is 2.41. The van der Waals surface area contributed by atoms with Gasteiger partial charge in [-0.15, -0.1) is 0 Å². The Kier molecular flexibility index (Phi) is 3.43. The zero-order valence-corrected chi connectivity index (χ0v) is 12.2. The minimum absolute atomic E-state index is 0.121. The lowest BCUT2D eigenvalue weighted by Gasteiger charge is -2.08. The molecule has 110 valence electrons. The molecule has 1 aromatic heterocycles. The van der Waals surface area contributed by atoms with Crippen LogP contribution in [0.5, 0.6) is 0 Å². The van der Waals surface area contributed by atoms with Gasteiger partial charge in [0.2, 0.25) is 10.0 Å². The van der Waals surface area contributed by atoms with Gasteiger partial charge >= 0.3 is 0 Å². The van der Waals surface area contributed by atoms with Crippen LogP contribution in [0.4, 0.5) is 4.39 Å². The molecule has 3 rings (SSSR count). The van der Waals surface area contributed by atoms with Gasteiger partial charge in [0.05, 0.1) is 11.3 Å². The average molecular weight is 314 g/mol. The van der Waals surface area contributed by atoms with Crippen LogP contribution in [0.25, 0.3) is 10.9 Å². The lowest BCUT2D eigenvalue weighted by Crippen LogP contribution is -2.16. The molecule has 0 saturated carbocycles. The minimum Gasteiger partial charge on any atom is -0.224 e. The van der Waals surface area contributed by atoms with Crippen molar-refractivity contribution in [2.24, 2.45) is 0 Å². The van der Waals surface area contributed by atoms with Crippen molar-refractivity contribution in [3.63, 3.8) is 0 Å². The minimum atomic E-state index is -3.91. The van der Waals surface area contributed by atoms with Crippen molar-refractivity contribution in [1.29, 1.82) is 5.26 Å². The summed E-state index contributed by atoms with van der Waals surface area (Å²) in [4.78, 5) is 0. The van der Waals surface area contributed by atoms with E-state index in [9.17, 15) is 12.8 Å². The highest BCUT2D eigenvalue weighted by atomic mass is 32.2. The van der Waals surface area contributed by atoms with Gasteiger partial charge in [0.15, 0.2) is 11.5 Å². The molecule has 4 nitrogen and oxygen atoms in total. The van der Waals surface area contributed by atoms with E-state index in [4.69, 9.17) is 5.26 Å². The summed E-state index contributed by atoms with van der Waals surface area (Å²) in [6.07, 6.45) is 0. The molecule has 1 heterocycles. The zero-order valence-electron chi connectivity index (χ0n) is 11.4. The number of para-hydroxylation sites is 1. The number of hydrogen-bond acceptors (Lipinski definition) is 3. The summed E-state index contributed by atoms with van der Waals surface area (Å²) in [5.41, 5.74) is 0.259. The van der Waals surface area contributed by atoms with Crippen molar-refractivity contribution in [2.75, 3.05) is 0 Å². The average Bonchev–Trinajstić information content (AvgIpc) is 2.81. The van der Waals surface area contributed by atoms with Crippen molar-refractivity contribution in [2.45, 2.75) is 5.75 Å². The molecule has 22 heavy (non-hydrogen) atoms. The Morgan fingerprint density at radius 2 is 1.68 bits per heavy atom. The summed E-state index contributed by atoms with van der Waals surface area (Å²) in [6.45, 7) is 0. The molecule has 0 radical (unpaired) electrons. The molecule has 0 fully saturated rings. The van der Waals surface area contributed by atoms with Crippen LogP contribution < -0.4 is 0 Å². The summed E-state index contributed by atoms with van der Waals surface area (Å²) >= 11 is 0. The largest absolute Gasteiger partial charge is 0.244 e. The maximum Gasteiger partial charge on any atom is 0.244 e. The van der Waals surface area contributed by atoms with Crippen molar-refractivity contribution in [3.05, 3.63) is 71.7 Å². The third-order valence-electron chi connectivity index (χ3n) is 3.35. The van der Waals surface area contributed by atoms with E-state index >= 15 is 0 Å². The van der Waals surface area contributed by atoms with Crippen LogP contribution in [0.1, 0.15) is 11.3 Å². The number of hydrogen-bond donors (Lipinski definition) is 0. The van der Waals surface area contributed by atoms with E-state index in [-0.39, 0.29) is 16.7 Å². The van der Waals surface area contributed by atoms with Crippen LogP contribution in [0.3, 0.4) is 0 Å². The van der Waals surface area contributed by atoms with Crippen LogP contribution in [-0.4, -0.2) is 12.4 Å². The van der Waals surface area contributed by atoms with Gasteiger partial charge in [-0.25, -0.2) is 16.8 Å². The molecule has 0 N–H and O–H groups in total. The highest BCUT2D eigenvalue weighted by Crippen LogP contribution is 2.27. The predicted molar refractivity (Wildman–Crippen MR) is 81.1 cm³/mol. The predicted octanol–water partition coefficient (Wildman–Crippen LogP) is 3.03. The van der Waals surface area contributed by atoms with Gasteiger partial charge in [0.1, 0.15) is 6.07 Å². The maximum atomic E-state index is 14.3. The molecule has 0 aliphatic carbocycles. The number of rotatable bonds is 3. The van der Waals surface area contributed by atoms with Gasteiger partial charge in [-0.1, -0.05) is 42.5 Å². The summed E-state index contributed by atoms with van der Waals surface area (Å²) < 4.78 is 40.4. The molecule has 0 bridgehead atoms. The molecule has 0 atom stereocenters. The standard InChI is InChI=1S/C16H11FN2O2S/c17-16-13-8-4-5-9-14(13)19(15(16)10-18)22(20,21)11-12-6-2-1-3-7-12/h1-9H,11H2. The molecular weight excluding hydrogens is 303 g/mol. The SMILES string of the molecule is N#Cc1c(F)c2ccccc2n1S(=O)(=O)Cc1ccccc1. The summed E-state index contributed by atoms with van der Waals surface area (Å²) in [5, 5.41) is 9.28. The molecule has 3 aromatic rings. The van der Waals surface area contributed by atoms with Gasteiger partial charge in [0.25, 0.3) is 0 Å². The number of halogens is 1. The smallest absolute Gasteiger partial charge is 0.224 e. The third-order valence-corrected chi connectivity index (χ3v) is 4.98. The Morgan fingerprint density at radius 3 is 2.36 bits per heavy atom. The fourth-order valence-corrected chi connectivity index (χ4v) is 4.01. The molecule has 2 aromatic carbocycles. The highest BCUT2D eigenvalue weighted by Gasteiger charge is 2.25. The summed E-state index contributed by atoms with van der Waals surface area (Å²) in [6, 6.07) is 16.4. The second-order valence-electron chi connectivity index (χ2n) is 4.80. The van der Waals surface area contributed by atoms with Crippen molar-refractivity contribution in [3.8, 4) is 6.07 Å². The number of aromatic nitrogens is 1. The first-order valence-electron chi connectivity index (χ1n) is 6.51. The first-order chi connectivity index (χ1) is 10.5. The van der Waals surface area contributed by atoms with Crippen LogP contribution in [0.15, 0.2) is 54.6 Å². The van der Waals surface area contributed by atoms with Crippen molar-refractivity contribution in [1.82, 2.24) is 3.97 Å². The van der Waals surface area contributed by atoms with Crippen LogP contribution >= 0.6 is 0 Å². The van der Waals surface area contributed by atoms with Gasteiger partial charge in [-0.2, -0.15) is 5.26 Å². The van der Waals surface area contributed by atoms with E-state index in [0.29, 0.717) is 5.56 Å². The van der Waals surface area contributed by atoms with E-state index in [2.05, 4.69) is 0 Å². The maximum absolute atomic E-state index is 14.3. The third kappa shape index (κ3) is 2.26. The normalized spacial score (nSPS) is 11.5. The van der Waals surface area contributed by atoms with E-state index in [1.54, 1.807) is 48.5 Å². The Morgan fingerprint density at radius 1 is 1.05 bits per heavy atom. The molecule has 0 aliphatic rings. The molecule has 6 heteroatoms.